The van der Waals surface area contributed by atoms with E-state index in [1.165, 1.54) is 32.1 Å². The number of carbonyl (C=O) groups excluding carboxylic acids is 2. The molecule has 0 unspecified atom stereocenters. The van der Waals surface area contributed by atoms with Crippen molar-refractivity contribution >= 4 is 11.9 Å². The third kappa shape index (κ3) is 17.0. The molecule has 0 aliphatic rings. The summed E-state index contributed by atoms with van der Waals surface area (Å²) in [5.41, 5.74) is 0. The number of allylic oxidation sites excluding steroid dienone is 2. The maximum atomic E-state index is 11.2. The molecular formula is C20H36O4. The first-order valence-corrected chi connectivity index (χ1v) is 9.66. The lowest BCUT2D eigenvalue weighted by Gasteiger charge is -2.02. The van der Waals surface area contributed by atoms with Crippen molar-refractivity contribution in [1.29, 1.82) is 0 Å². The monoisotopic (exact) mass is 340 g/mol. The van der Waals surface area contributed by atoms with Crippen molar-refractivity contribution in [3.8, 4) is 0 Å². The van der Waals surface area contributed by atoms with Gasteiger partial charge in [-0.3, -0.25) is 9.59 Å². The summed E-state index contributed by atoms with van der Waals surface area (Å²) in [6, 6.07) is 0. The minimum absolute atomic E-state index is 0.0634. The number of unbranched alkanes of at least 4 members (excludes halogenated alkanes) is 8. The van der Waals surface area contributed by atoms with E-state index in [4.69, 9.17) is 9.47 Å². The van der Waals surface area contributed by atoms with E-state index >= 15 is 0 Å². The summed E-state index contributed by atoms with van der Waals surface area (Å²) < 4.78 is 9.79. The van der Waals surface area contributed by atoms with Crippen LogP contribution in [0.5, 0.6) is 0 Å². The normalized spacial score (nSPS) is 10.9. The van der Waals surface area contributed by atoms with Crippen molar-refractivity contribution in [2.24, 2.45) is 0 Å². The Kier molecular flexibility index (Phi) is 17.0. The SMILES string of the molecule is CCOC(=O)CCC/C=C/CCCCCCCCCC(=O)OCC. The van der Waals surface area contributed by atoms with Crippen molar-refractivity contribution in [2.75, 3.05) is 13.2 Å². The second kappa shape index (κ2) is 18.0. The van der Waals surface area contributed by atoms with Gasteiger partial charge in [0, 0.05) is 12.8 Å². The summed E-state index contributed by atoms with van der Waals surface area (Å²) in [6.07, 6.45) is 16.8. The molecule has 0 saturated carbocycles. The predicted octanol–water partition coefficient (Wildman–Crippen LogP) is 5.35. The van der Waals surface area contributed by atoms with Crippen LogP contribution in [0.3, 0.4) is 0 Å². The predicted molar refractivity (Wildman–Crippen MR) is 97.8 cm³/mol. The first-order valence-electron chi connectivity index (χ1n) is 9.66. The lowest BCUT2D eigenvalue weighted by Crippen LogP contribution is -2.03. The molecule has 0 aliphatic carbocycles. The Bertz CT molecular complexity index is 337. The van der Waals surface area contributed by atoms with E-state index < -0.39 is 0 Å². The van der Waals surface area contributed by atoms with Gasteiger partial charge in [-0.25, -0.2) is 0 Å². The van der Waals surface area contributed by atoms with Gasteiger partial charge >= 0.3 is 11.9 Å². The third-order valence-electron chi connectivity index (χ3n) is 3.78. The third-order valence-corrected chi connectivity index (χ3v) is 3.78. The summed E-state index contributed by atoms with van der Waals surface area (Å²) in [5.74, 6) is -0.153. The fraction of sp³-hybridized carbons (Fsp3) is 0.800. The molecule has 0 spiro atoms. The minimum Gasteiger partial charge on any atom is -0.466 e. The van der Waals surface area contributed by atoms with Crippen LogP contribution in [0.2, 0.25) is 0 Å². The molecule has 4 heteroatoms. The van der Waals surface area contributed by atoms with Gasteiger partial charge in [-0.05, 0) is 46.0 Å². The van der Waals surface area contributed by atoms with Crippen LogP contribution >= 0.6 is 0 Å². The zero-order valence-corrected chi connectivity index (χ0v) is 15.7. The summed E-state index contributed by atoms with van der Waals surface area (Å²) in [7, 11) is 0. The van der Waals surface area contributed by atoms with E-state index in [9.17, 15) is 9.59 Å². The number of esters is 2. The molecule has 140 valence electrons. The number of hydrogen-bond acceptors (Lipinski definition) is 4. The molecule has 0 aliphatic heterocycles. The summed E-state index contributed by atoms with van der Waals surface area (Å²) in [5, 5.41) is 0. The smallest absolute Gasteiger partial charge is 0.305 e. The lowest BCUT2D eigenvalue weighted by atomic mass is 10.1. The van der Waals surface area contributed by atoms with Crippen LogP contribution < -0.4 is 0 Å². The second-order valence-corrected chi connectivity index (χ2v) is 5.99. The van der Waals surface area contributed by atoms with Gasteiger partial charge in [0.05, 0.1) is 13.2 Å². The van der Waals surface area contributed by atoms with Crippen LogP contribution in [-0.2, 0) is 19.1 Å². The van der Waals surface area contributed by atoms with Crippen LogP contribution in [0.25, 0.3) is 0 Å². The molecule has 0 amide bonds. The van der Waals surface area contributed by atoms with Crippen molar-refractivity contribution in [1.82, 2.24) is 0 Å². The Morgan fingerprint density at radius 2 is 1.04 bits per heavy atom. The Balaban J connectivity index is 3.20. The number of rotatable bonds is 16. The van der Waals surface area contributed by atoms with Gasteiger partial charge < -0.3 is 9.47 Å². The van der Waals surface area contributed by atoms with Crippen molar-refractivity contribution in [2.45, 2.75) is 90.9 Å². The Labute approximate surface area is 148 Å². The molecule has 0 atom stereocenters. The van der Waals surface area contributed by atoms with E-state index in [1.807, 2.05) is 13.8 Å². The van der Waals surface area contributed by atoms with Gasteiger partial charge in [-0.1, -0.05) is 44.3 Å². The van der Waals surface area contributed by atoms with Crippen LogP contribution in [0, 0.1) is 0 Å². The Morgan fingerprint density at radius 1 is 0.625 bits per heavy atom. The first kappa shape index (κ1) is 22.7. The van der Waals surface area contributed by atoms with Gasteiger partial charge in [-0.2, -0.15) is 0 Å². The molecule has 0 aromatic heterocycles. The summed E-state index contributed by atoms with van der Waals surface area (Å²) in [4.78, 5) is 22.3. The molecular weight excluding hydrogens is 304 g/mol. The molecule has 0 fully saturated rings. The van der Waals surface area contributed by atoms with Crippen LogP contribution in [-0.4, -0.2) is 25.2 Å². The fourth-order valence-electron chi connectivity index (χ4n) is 2.48. The number of hydrogen-bond donors (Lipinski definition) is 0. The highest BCUT2D eigenvalue weighted by atomic mass is 16.5. The quantitative estimate of drug-likeness (QED) is 0.216. The zero-order chi connectivity index (χ0) is 17.9. The average molecular weight is 341 g/mol. The van der Waals surface area contributed by atoms with E-state index in [2.05, 4.69) is 12.2 Å². The van der Waals surface area contributed by atoms with E-state index in [0.29, 0.717) is 26.1 Å². The van der Waals surface area contributed by atoms with Crippen LogP contribution in [0.4, 0.5) is 0 Å². The molecule has 0 saturated heterocycles. The van der Waals surface area contributed by atoms with E-state index in [-0.39, 0.29) is 11.9 Å². The lowest BCUT2D eigenvalue weighted by molar-refractivity contribution is -0.144. The summed E-state index contributed by atoms with van der Waals surface area (Å²) in [6.45, 7) is 4.64. The average Bonchev–Trinajstić information content (AvgIpc) is 2.55. The van der Waals surface area contributed by atoms with Gasteiger partial charge in [0.2, 0.25) is 0 Å². The van der Waals surface area contributed by atoms with Gasteiger partial charge in [0.25, 0.3) is 0 Å². The van der Waals surface area contributed by atoms with Crippen molar-refractivity contribution < 1.29 is 19.1 Å². The fourth-order valence-corrected chi connectivity index (χ4v) is 2.48. The van der Waals surface area contributed by atoms with Gasteiger partial charge in [0.1, 0.15) is 0 Å². The molecule has 0 heterocycles. The maximum absolute atomic E-state index is 11.2. The second-order valence-electron chi connectivity index (χ2n) is 5.99. The van der Waals surface area contributed by atoms with Crippen LogP contribution in [0.15, 0.2) is 12.2 Å². The minimum atomic E-state index is -0.0897. The van der Waals surface area contributed by atoms with Gasteiger partial charge in [-0.15, -0.1) is 0 Å². The molecule has 0 rings (SSSR count). The molecule has 0 radical (unpaired) electrons. The summed E-state index contributed by atoms with van der Waals surface area (Å²) >= 11 is 0. The van der Waals surface area contributed by atoms with Crippen LogP contribution in [0.1, 0.15) is 90.9 Å². The molecule has 0 N–H and O–H groups in total. The molecule has 0 aromatic carbocycles. The van der Waals surface area contributed by atoms with Crippen molar-refractivity contribution in [3.63, 3.8) is 0 Å². The maximum Gasteiger partial charge on any atom is 0.305 e. The highest BCUT2D eigenvalue weighted by Crippen LogP contribution is 2.10. The molecule has 4 nitrogen and oxygen atoms in total. The molecule has 0 aromatic rings. The Hall–Kier alpha value is -1.32. The number of ether oxygens (including phenoxy) is 2. The highest BCUT2D eigenvalue weighted by molar-refractivity contribution is 5.69. The zero-order valence-electron chi connectivity index (χ0n) is 15.7. The van der Waals surface area contributed by atoms with E-state index in [1.54, 1.807) is 0 Å². The van der Waals surface area contributed by atoms with Gasteiger partial charge in [0.15, 0.2) is 0 Å². The molecule has 0 bridgehead atoms. The van der Waals surface area contributed by atoms with Crippen molar-refractivity contribution in [3.05, 3.63) is 12.2 Å². The number of carbonyl (C=O) groups is 2. The topological polar surface area (TPSA) is 52.6 Å². The Morgan fingerprint density at radius 3 is 1.58 bits per heavy atom. The largest absolute Gasteiger partial charge is 0.466 e. The highest BCUT2D eigenvalue weighted by Gasteiger charge is 2.00. The molecule has 24 heavy (non-hydrogen) atoms. The van der Waals surface area contributed by atoms with E-state index in [0.717, 1.165) is 32.1 Å². The first-order chi connectivity index (χ1) is 11.7. The standard InChI is InChI=1S/C20H36O4/c1-3-23-19(21)17-15-13-11-9-7-5-6-8-10-12-14-16-18-20(22)24-4-2/h9,11H,3-8,10,12-18H2,1-2H3/b11-9+.